The van der Waals surface area contributed by atoms with Crippen LogP contribution in [0.1, 0.15) is 24.2 Å². The maximum atomic E-state index is 13.0. The quantitative estimate of drug-likeness (QED) is 0.567. The molecule has 0 saturated carbocycles. The van der Waals surface area contributed by atoms with E-state index in [-0.39, 0.29) is 23.2 Å². The number of nitro groups is 1. The maximum Gasteiger partial charge on any atom is 0.270 e. The van der Waals surface area contributed by atoms with Gasteiger partial charge in [-0.15, -0.1) is 0 Å². The summed E-state index contributed by atoms with van der Waals surface area (Å²) in [6.45, 7) is 4.44. The highest BCUT2D eigenvalue weighted by Crippen LogP contribution is 2.30. The SMILES string of the molecule is CCOc1ccc(N=C2SC[C@@H](C)N2C(=O)c2cccc([N+](=O)[O-])c2)cc1. The van der Waals surface area contributed by atoms with Crippen molar-refractivity contribution in [2.24, 2.45) is 4.99 Å². The van der Waals surface area contributed by atoms with E-state index < -0.39 is 4.92 Å². The fourth-order valence-electron chi connectivity index (χ4n) is 2.69. The predicted molar refractivity (Wildman–Crippen MR) is 106 cm³/mol. The first-order chi connectivity index (χ1) is 13.0. The molecule has 0 radical (unpaired) electrons. The van der Waals surface area contributed by atoms with Crippen LogP contribution >= 0.6 is 11.8 Å². The second kappa shape index (κ2) is 8.22. The summed E-state index contributed by atoms with van der Waals surface area (Å²) in [5.74, 6) is 1.19. The van der Waals surface area contributed by atoms with E-state index in [1.54, 1.807) is 11.0 Å². The first-order valence-electron chi connectivity index (χ1n) is 8.52. The van der Waals surface area contributed by atoms with E-state index in [1.165, 1.54) is 30.0 Å². The Hall–Kier alpha value is -2.87. The Morgan fingerprint density at radius 3 is 2.74 bits per heavy atom. The molecule has 27 heavy (non-hydrogen) atoms. The number of aliphatic imine (C=N–C) groups is 1. The van der Waals surface area contributed by atoms with Crippen LogP contribution in [-0.4, -0.2) is 39.3 Å². The molecule has 0 N–H and O–H groups in total. The van der Waals surface area contributed by atoms with Gasteiger partial charge < -0.3 is 4.74 Å². The number of non-ortho nitro benzene ring substituents is 1. The highest BCUT2D eigenvalue weighted by Gasteiger charge is 2.33. The van der Waals surface area contributed by atoms with Gasteiger partial charge in [0.15, 0.2) is 5.17 Å². The van der Waals surface area contributed by atoms with E-state index in [1.807, 2.05) is 38.1 Å². The number of ether oxygens (including phenoxy) is 1. The number of amides is 1. The van der Waals surface area contributed by atoms with Crippen LogP contribution in [0.5, 0.6) is 5.75 Å². The molecule has 7 nitrogen and oxygen atoms in total. The normalized spacial score (nSPS) is 17.9. The third-order valence-corrected chi connectivity index (χ3v) is 5.19. The number of carbonyl (C=O) groups is 1. The molecular weight excluding hydrogens is 366 g/mol. The lowest BCUT2D eigenvalue weighted by molar-refractivity contribution is -0.384. The summed E-state index contributed by atoms with van der Waals surface area (Å²) in [6, 6.07) is 13.0. The molecule has 140 valence electrons. The monoisotopic (exact) mass is 385 g/mol. The van der Waals surface area contributed by atoms with Crippen molar-refractivity contribution >= 4 is 34.2 Å². The van der Waals surface area contributed by atoms with Crippen molar-refractivity contribution in [2.45, 2.75) is 19.9 Å². The summed E-state index contributed by atoms with van der Waals surface area (Å²) in [7, 11) is 0. The number of thioether (sulfide) groups is 1. The summed E-state index contributed by atoms with van der Waals surface area (Å²) in [6.07, 6.45) is 0. The average Bonchev–Trinajstić information content (AvgIpc) is 3.03. The molecular formula is C19H19N3O4S. The molecule has 1 saturated heterocycles. The van der Waals surface area contributed by atoms with Gasteiger partial charge in [0, 0.05) is 29.5 Å². The smallest absolute Gasteiger partial charge is 0.270 e. The largest absolute Gasteiger partial charge is 0.494 e. The number of nitrogens with zero attached hydrogens (tertiary/aromatic N) is 3. The number of hydrogen-bond acceptors (Lipinski definition) is 6. The highest BCUT2D eigenvalue weighted by molar-refractivity contribution is 8.14. The molecule has 3 rings (SSSR count). The molecule has 0 aromatic heterocycles. The summed E-state index contributed by atoms with van der Waals surface area (Å²) in [5.41, 5.74) is 0.884. The minimum Gasteiger partial charge on any atom is -0.494 e. The molecule has 1 amide bonds. The molecule has 1 aliphatic heterocycles. The van der Waals surface area contributed by atoms with Gasteiger partial charge in [-0.1, -0.05) is 17.8 Å². The summed E-state index contributed by atoms with van der Waals surface area (Å²) in [4.78, 5) is 29.6. The summed E-state index contributed by atoms with van der Waals surface area (Å²) >= 11 is 1.49. The predicted octanol–water partition coefficient (Wildman–Crippen LogP) is 4.26. The topological polar surface area (TPSA) is 85.0 Å². The number of benzene rings is 2. The molecule has 0 aliphatic carbocycles. The van der Waals surface area contributed by atoms with E-state index >= 15 is 0 Å². The lowest BCUT2D eigenvalue weighted by Crippen LogP contribution is -2.37. The van der Waals surface area contributed by atoms with Gasteiger partial charge in [-0.2, -0.15) is 0 Å². The molecule has 1 heterocycles. The number of carbonyl (C=O) groups excluding carboxylic acids is 1. The Balaban J connectivity index is 1.87. The van der Waals surface area contributed by atoms with E-state index in [4.69, 9.17) is 4.74 Å². The van der Waals surface area contributed by atoms with E-state index in [0.29, 0.717) is 17.5 Å². The third kappa shape index (κ3) is 4.28. The average molecular weight is 385 g/mol. The zero-order valence-electron chi connectivity index (χ0n) is 15.0. The van der Waals surface area contributed by atoms with Gasteiger partial charge in [-0.25, -0.2) is 4.99 Å². The van der Waals surface area contributed by atoms with Crippen LogP contribution in [0.3, 0.4) is 0 Å². The van der Waals surface area contributed by atoms with Crippen LogP contribution in [0.25, 0.3) is 0 Å². The van der Waals surface area contributed by atoms with E-state index in [0.717, 1.165) is 11.5 Å². The Labute approximate surface area is 161 Å². The minimum absolute atomic E-state index is 0.0526. The number of nitro benzene ring substituents is 1. The van der Waals surface area contributed by atoms with Crippen LogP contribution in [-0.2, 0) is 0 Å². The number of amidine groups is 1. The van der Waals surface area contributed by atoms with Gasteiger partial charge in [-0.3, -0.25) is 19.8 Å². The molecule has 1 aliphatic rings. The van der Waals surface area contributed by atoms with Crippen LogP contribution in [0, 0.1) is 10.1 Å². The van der Waals surface area contributed by atoms with Crippen molar-refractivity contribution in [3.63, 3.8) is 0 Å². The van der Waals surface area contributed by atoms with Crippen molar-refractivity contribution in [3.8, 4) is 5.75 Å². The molecule has 2 aromatic rings. The van der Waals surface area contributed by atoms with Gasteiger partial charge >= 0.3 is 0 Å². The van der Waals surface area contributed by atoms with Crippen LogP contribution < -0.4 is 4.74 Å². The summed E-state index contributed by atoms with van der Waals surface area (Å²) in [5, 5.41) is 11.6. The minimum atomic E-state index is -0.506. The zero-order valence-corrected chi connectivity index (χ0v) is 15.8. The third-order valence-electron chi connectivity index (χ3n) is 4.00. The van der Waals surface area contributed by atoms with Crippen LogP contribution in [0.2, 0.25) is 0 Å². The Bertz CT molecular complexity index is 883. The lowest BCUT2D eigenvalue weighted by Gasteiger charge is -2.21. The fraction of sp³-hybridized carbons (Fsp3) is 0.263. The molecule has 0 spiro atoms. The van der Waals surface area contributed by atoms with Gasteiger partial charge in [0.2, 0.25) is 0 Å². The van der Waals surface area contributed by atoms with Gasteiger partial charge in [0.05, 0.1) is 17.2 Å². The van der Waals surface area contributed by atoms with Crippen molar-refractivity contribution in [1.29, 1.82) is 0 Å². The fourth-order valence-corrected chi connectivity index (χ4v) is 3.80. The first kappa shape index (κ1) is 18.9. The maximum absolute atomic E-state index is 13.0. The second-order valence-electron chi connectivity index (χ2n) is 5.96. The molecule has 1 atom stereocenters. The van der Waals surface area contributed by atoms with Crippen molar-refractivity contribution in [2.75, 3.05) is 12.4 Å². The van der Waals surface area contributed by atoms with E-state index in [9.17, 15) is 14.9 Å². The Morgan fingerprint density at radius 1 is 1.33 bits per heavy atom. The van der Waals surface area contributed by atoms with Crippen LogP contribution in [0.15, 0.2) is 53.5 Å². The van der Waals surface area contributed by atoms with Crippen molar-refractivity contribution in [3.05, 3.63) is 64.2 Å². The highest BCUT2D eigenvalue weighted by atomic mass is 32.2. The molecule has 0 bridgehead atoms. The Kier molecular flexibility index (Phi) is 5.75. The van der Waals surface area contributed by atoms with Crippen molar-refractivity contribution in [1.82, 2.24) is 4.90 Å². The van der Waals surface area contributed by atoms with Gasteiger partial charge in [-0.05, 0) is 44.2 Å². The standard InChI is InChI=1S/C19H19N3O4S/c1-3-26-17-9-7-15(8-10-17)20-19-21(13(2)12-27-19)18(23)14-5-4-6-16(11-14)22(24)25/h4-11,13H,3,12H2,1-2H3/t13-/m1/s1. The number of rotatable bonds is 5. The molecule has 2 aromatic carbocycles. The Morgan fingerprint density at radius 2 is 2.07 bits per heavy atom. The molecule has 1 fully saturated rings. The number of hydrogen-bond donors (Lipinski definition) is 0. The van der Waals surface area contributed by atoms with Gasteiger partial charge in [0.1, 0.15) is 5.75 Å². The van der Waals surface area contributed by atoms with Gasteiger partial charge in [0.25, 0.3) is 11.6 Å². The first-order valence-corrected chi connectivity index (χ1v) is 9.50. The molecule has 0 unspecified atom stereocenters. The summed E-state index contributed by atoms with van der Waals surface area (Å²) < 4.78 is 5.42. The lowest BCUT2D eigenvalue weighted by atomic mass is 10.1. The van der Waals surface area contributed by atoms with Crippen LogP contribution in [0.4, 0.5) is 11.4 Å². The zero-order chi connectivity index (χ0) is 19.4. The second-order valence-corrected chi connectivity index (χ2v) is 6.95. The van der Waals surface area contributed by atoms with Crippen molar-refractivity contribution < 1.29 is 14.5 Å². The molecule has 8 heteroatoms. The van der Waals surface area contributed by atoms with E-state index in [2.05, 4.69) is 4.99 Å².